The Hall–Kier alpha value is -0.930. The second-order valence-corrected chi connectivity index (χ2v) is 4.99. The van der Waals surface area contributed by atoms with Crippen molar-refractivity contribution < 1.29 is 9.53 Å². The Labute approximate surface area is 111 Å². The first-order valence-electron chi connectivity index (χ1n) is 5.20. The number of halogens is 1. The molecule has 0 atom stereocenters. The third-order valence-corrected chi connectivity index (χ3v) is 3.39. The second kappa shape index (κ2) is 7.41. The second-order valence-electron chi connectivity index (χ2n) is 3.52. The van der Waals surface area contributed by atoms with Gasteiger partial charge >= 0.3 is 5.97 Å². The summed E-state index contributed by atoms with van der Waals surface area (Å²) in [6.45, 7) is 1.76. The molecule has 0 fully saturated rings. The fourth-order valence-electron chi connectivity index (χ4n) is 1.19. The highest BCUT2D eigenvalue weighted by Gasteiger charge is 2.01. The summed E-state index contributed by atoms with van der Waals surface area (Å²) in [6, 6.07) is 7.78. The molecule has 0 saturated carbocycles. The minimum atomic E-state index is -0.267. The van der Waals surface area contributed by atoms with Crippen molar-refractivity contribution in [2.24, 2.45) is 0 Å². The van der Waals surface area contributed by atoms with Gasteiger partial charge in [-0.05, 0) is 24.6 Å². The van der Waals surface area contributed by atoms with Crippen LogP contribution in [0.25, 0.3) is 0 Å². The molecule has 1 aromatic rings. The Balaban J connectivity index is 2.33. The zero-order valence-corrected chi connectivity index (χ0v) is 11.5. The van der Waals surface area contributed by atoms with E-state index in [-0.39, 0.29) is 5.97 Å². The maximum atomic E-state index is 11.1. The van der Waals surface area contributed by atoms with Crippen molar-refractivity contribution >= 4 is 29.3 Å². The van der Waals surface area contributed by atoms with Crippen LogP contribution in [0.2, 0.25) is 5.02 Å². The number of hydrogen-bond donors (Lipinski definition) is 0. The predicted molar refractivity (Wildman–Crippen MR) is 73.4 cm³/mol. The third kappa shape index (κ3) is 5.29. The highest BCUT2D eigenvalue weighted by molar-refractivity contribution is 7.98. The van der Waals surface area contributed by atoms with Crippen LogP contribution in [0.1, 0.15) is 12.5 Å². The van der Waals surface area contributed by atoms with E-state index < -0.39 is 0 Å². The number of rotatable bonds is 5. The molecule has 0 aromatic heterocycles. The smallest absolute Gasteiger partial charge is 0.333 e. The van der Waals surface area contributed by atoms with Gasteiger partial charge in [0, 0.05) is 22.1 Å². The Kier molecular flexibility index (Phi) is 6.16. The standard InChI is InChI=1S/C13H15ClO2S/c1-10(13(15)16-2)7-8-17-9-11-3-5-12(14)6-4-11/h3-7H,8-9H2,1-2H3/b10-7+. The van der Waals surface area contributed by atoms with Gasteiger partial charge in [-0.15, -0.1) is 0 Å². The van der Waals surface area contributed by atoms with Gasteiger partial charge in [-0.1, -0.05) is 29.8 Å². The fraction of sp³-hybridized carbons (Fsp3) is 0.308. The maximum Gasteiger partial charge on any atom is 0.333 e. The molecule has 0 aliphatic carbocycles. The van der Waals surface area contributed by atoms with Crippen LogP contribution in [-0.2, 0) is 15.3 Å². The molecule has 0 N–H and O–H groups in total. The Bertz CT molecular complexity index is 398. The number of ether oxygens (including phenoxy) is 1. The summed E-state index contributed by atoms with van der Waals surface area (Å²) in [5, 5.41) is 0.750. The van der Waals surface area contributed by atoms with E-state index in [2.05, 4.69) is 4.74 Å². The molecule has 1 rings (SSSR count). The van der Waals surface area contributed by atoms with Gasteiger partial charge in [0.15, 0.2) is 0 Å². The molecular formula is C13H15ClO2S. The number of carbonyl (C=O) groups is 1. The molecule has 4 heteroatoms. The zero-order chi connectivity index (χ0) is 12.7. The average Bonchev–Trinajstić information content (AvgIpc) is 2.35. The maximum absolute atomic E-state index is 11.1. The summed E-state index contributed by atoms with van der Waals surface area (Å²) >= 11 is 7.54. The molecule has 92 valence electrons. The molecule has 0 saturated heterocycles. The number of esters is 1. The van der Waals surface area contributed by atoms with Gasteiger partial charge in [0.1, 0.15) is 0 Å². The molecule has 0 radical (unpaired) electrons. The average molecular weight is 271 g/mol. The van der Waals surface area contributed by atoms with Crippen LogP contribution in [0.4, 0.5) is 0 Å². The topological polar surface area (TPSA) is 26.3 Å². The lowest BCUT2D eigenvalue weighted by atomic mass is 10.2. The Morgan fingerprint density at radius 2 is 2.06 bits per heavy atom. The van der Waals surface area contributed by atoms with E-state index in [0.717, 1.165) is 16.5 Å². The van der Waals surface area contributed by atoms with E-state index in [4.69, 9.17) is 11.6 Å². The van der Waals surface area contributed by atoms with E-state index >= 15 is 0 Å². The molecule has 0 bridgehead atoms. The summed E-state index contributed by atoms with van der Waals surface area (Å²) in [5.41, 5.74) is 1.87. The van der Waals surface area contributed by atoms with Crippen LogP contribution in [0, 0.1) is 0 Å². The van der Waals surface area contributed by atoms with Gasteiger partial charge in [0.05, 0.1) is 7.11 Å². The van der Waals surface area contributed by atoms with Crippen molar-refractivity contribution in [3.8, 4) is 0 Å². The van der Waals surface area contributed by atoms with Gasteiger partial charge in [-0.3, -0.25) is 0 Å². The lowest BCUT2D eigenvalue weighted by molar-refractivity contribution is -0.136. The van der Waals surface area contributed by atoms with Gasteiger partial charge in [-0.2, -0.15) is 11.8 Å². The van der Waals surface area contributed by atoms with Crippen LogP contribution < -0.4 is 0 Å². The summed E-state index contributed by atoms with van der Waals surface area (Å²) in [5.74, 6) is 1.43. The molecule has 17 heavy (non-hydrogen) atoms. The van der Waals surface area contributed by atoms with Crippen molar-refractivity contribution in [3.05, 3.63) is 46.5 Å². The number of hydrogen-bond acceptors (Lipinski definition) is 3. The SMILES string of the molecule is COC(=O)/C(C)=C/CSCc1ccc(Cl)cc1. The van der Waals surface area contributed by atoms with Crippen LogP contribution in [-0.4, -0.2) is 18.8 Å². The van der Waals surface area contributed by atoms with E-state index in [0.29, 0.717) is 5.57 Å². The highest BCUT2D eigenvalue weighted by Crippen LogP contribution is 2.16. The molecular weight excluding hydrogens is 256 g/mol. The van der Waals surface area contributed by atoms with E-state index in [1.54, 1.807) is 18.7 Å². The Morgan fingerprint density at radius 1 is 1.41 bits per heavy atom. The van der Waals surface area contributed by atoms with Gasteiger partial charge < -0.3 is 4.74 Å². The summed E-state index contributed by atoms with van der Waals surface area (Å²) in [7, 11) is 1.39. The summed E-state index contributed by atoms with van der Waals surface area (Å²) < 4.78 is 4.61. The number of methoxy groups -OCH3 is 1. The fourth-order valence-corrected chi connectivity index (χ4v) is 2.23. The zero-order valence-electron chi connectivity index (χ0n) is 9.90. The van der Waals surface area contributed by atoms with Crippen molar-refractivity contribution in [2.45, 2.75) is 12.7 Å². The molecule has 2 nitrogen and oxygen atoms in total. The van der Waals surface area contributed by atoms with E-state index in [9.17, 15) is 4.79 Å². The summed E-state index contributed by atoms with van der Waals surface area (Å²) in [6.07, 6.45) is 1.88. The van der Waals surface area contributed by atoms with E-state index in [1.165, 1.54) is 12.7 Å². The van der Waals surface area contributed by atoms with Crippen LogP contribution in [0.15, 0.2) is 35.9 Å². The first kappa shape index (κ1) is 14.1. The number of carbonyl (C=O) groups excluding carboxylic acids is 1. The van der Waals surface area contributed by atoms with Crippen molar-refractivity contribution in [1.29, 1.82) is 0 Å². The number of thioether (sulfide) groups is 1. The normalized spacial score (nSPS) is 11.4. The lowest BCUT2D eigenvalue weighted by Crippen LogP contribution is -2.01. The van der Waals surface area contributed by atoms with Gasteiger partial charge in [-0.25, -0.2) is 4.79 Å². The third-order valence-electron chi connectivity index (χ3n) is 2.20. The first-order valence-corrected chi connectivity index (χ1v) is 6.74. The molecule has 0 aliphatic rings. The minimum Gasteiger partial charge on any atom is -0.466 e. The monoisotopic (exact) mass is 270 g/mol. The highest BCUT2D eigenvalue weighted by atomic mass is 35.5. The quantitative estimate of drug-likeness (QED) is 0.464. The molecule has 0 amide bonds. The van der Waals surface area contributed by atoms with Crippen LogP contribution >= 0.6 is 23.4 Å². The predicted octanol–water partition coefficient (Wildman–Crippen LogP) is 3.69. The van der Waals surface area contributed by atoms with Crippen LogP contribution in [0.3, 0.4) is 0 Å². The first-order chi connectivity index (χ1) is 8.13. The largest absolute Gasteiger partial charge is 0.466 e. The molecule has 0 unspecified atom stereocenters. The molecule has 0 spiro atoms. The number of benzene rings is 1. The lowest BCUT2D eigenvalue weighted by Gasteiger charge is -2.01. The molecule has 0 heterocycles. The van der Waals surface area contributed by atoms with Crippen molar-refractivity contribution in [1.82, 2.24) is 0 Å². The van der Waals surface area contributed by atoms with Gasteiger partial charge in [0.2, 0.25) is 0 Å². The Morgan fingerprint density at radius 3 is 2.65 bits per heavy atom. The minimum absolute atomic E-state index is 0.267. The van der Waals surface area contributed by atoms with Crippen LogP contribution in [0.5, 0.6) is 0 Å². The summed E-state index contributed by atoms with van der Waals surface area (Å²) in [4.78, 5) is 11.1. The van der Waals surface area contributed by atoms with Gasteiger partial charge in [0.25, 0.3) is 0 Å². The van der Waals surface area contributed by atoms with E-state index in [1.807, 2.05) is 30.3 Å². The molecule has 1 aromatic carbocycles. The molecule has 0 aliphatic heterocycles. The van der Waals surface area contributed by atoms with Crippen molar-refractivity contribution in [3.63, 3.8) is 0 Å². The van der Waals surface area contributed by atoms with Crippen molar-refractivity contribution in [2.75, 3.05) is 12.9 Å².